The maximum Gasteiger partial charge on any atom is 0.0656 e. The van der Waals surface area contributed by atoms with Crippen molar-refractivity contribution in [2.45, 2.75) is 6.54 Å². The molecule has 1 fully saturated rings. The molecule has 0 aliphatic carbocycles. The average molecular weight is 302 g/mol. The Labute approximate surface area is 130 Å². The first-order valence-corrected chi connectivity index (χ1v) is 7.66. The van der Waals surface area contributed by atoms with Gasteiger partial charge in [0.15, 0.2) is 0 Å². The normalized spacial score (nSPS) is 16.1. The Kier molecular flexibility index (Phi) is 4.32. The first-order valence-electron chi connectivity index (χ1n) is 7.28. The first kappa shape index (κ1) is 14.2. The highest BCUT2D eigenvalue weighted by Gasteiger charge is 2.17. The highest BCUT2D eigenvalue weighted by atomic mass is 35.5. The molecule has 1 aliphatic heterocycles. The summed E-state index contributed by atoms with van der Waals surface area (Å²) in [5.41, 5.74) is 8.95. The molecule has 0 atom stereocenters. The number of rotatable bonds is 3. The van der Waals surface area contributed by atoms with Crippen LogP contribution >= 0.6 is 11.6 Å². The Morgan fingerprint density at radius 1 is 0.952 bits per heavy atom. The van der Waals surface area contributed by atoms with Crippen LogP contribution in [0.4, 0.5) is 11.4 Å². The lowest BCUT2D eigenvalue weighted by Gasteiger charge is -2.36. The van der Waals surface area contributed by atoms with E-state index in [1.54, 1.807) is 0 Å². The van der Waals surface area contributed by atoms with Crippen molar-refractivity contribution in [3.8, 4) is 0 Å². The van der Waals surface area contributed by atoms with Gasteiger partial charge in [-0.1, -0.05) is 41.9 Å². The number of nitrogens with two attached hydrogens (primary N) is 1. The van der Waals surface area contributed by atoms with Crippen LogP contribution in [-0.2, 0) is 6.54 Å². The molecule has 2 aromatic carbocycles. The molecule has 1 aliphatic rings. The molecule has 2 aromatic rings. The zero-order valence-corrected chi connectivity index (χ0v) is 12.8. The topological polar surface area (TPSA) is 32.5 Å². The van der Waals surface area contributed by atoms with Gasteiger partial charge in [-0.25, -0.2) is 0 Å². The van der Waals surface area contributed by atoms with Crippen molar-refractivity contribution in [1.82, 2.24) is 4.90 Å². The third-order valence-corrected chi connectivity index (χ3v) is 4.30. The van der Waals surface area contributed by atoms with Crippen LogP contribution in [0.3, 0.4) is 0 Å². The average Bonchev–Trinajstić information content (AvgIpc) is 2.52. The zero-order chi connectivity index (χ0) is 14.7. The van der Waals surface area contributed by atoms with Gasteiger partial charge in [0.2, 0.25) is 0 Å². The van der Waals surface area contributed by atoms with Crippen LogP contribution in [0.15, 0.2) is 48.5 Å². The van der Waals surface area contributed by atoms with E-state index in [0.717, 1.165) is 38.4 Å². The molecule has 1 saturated heterocycles. The lowest BCUT2D eigenvalue weighted by atomic mass is 10.2. The Morgan fingerprint density at radius 3 is 2.33 bits per heavy atom. The molecule has 0 aromatic heterocycles. The van der Waals surface area contributed by atoms with Gasteiger partial charge >= 0.3 is 0 Å². The standard InChI is InChI=1S/C17H20ClN3/c18-16-12-15(6-7-17(16)19)21-10-8-20(9-11-21)13-14-4-2-1-3-5-14/h1-7,12H,8-11,13,19H2. The van der Waals surface area contributed by atoms with Crippen LogP contribution in [0.25, 0.3) is 0 Å². The minimum atomic E-state index is 0.638. The number of hydrogen-bond acceptors (Lipinski definition) is 3. The van der Waals surface area contributed by atoms with E-state index >= 15 is 0 Å². The summed E-state index contributed by atoms with van der Waals surface area (Å²) in [6, 6.07) is 16.5. The summed E-state index contributed by atoms with van der Waals surface area (Å²) in [5, 5.41) is 0.638. The van der Waals surface area contributed by atoms with Crippen LogP contribution in [-0.4, -0.2) is 31.1 Å². The second kappa shape index (κ2) is 6.37. The molecule has 0 saturated carbocycles. The number of piperazine rings is 1. The maximum absolute atomic E-state index is 6.11. The predicted molar refractivity (Wildman–Crippen MR) is 89.8 cm³/mol. The minimum Gasteiger partial charge on any atom is -0.398 e. The SMILES string of the molecule is Nc1ccc(N2CCN(Cc3ccccc3)CC2)cc1Cl. The molecule has 110 valence electrons. The summed E-state index contributed by atoms with van der Waals surface area (Å²) in [6.07, 6.45) is 0. The van der Waals surface area contributed by atoms with Crippen LogP contribution in [0.2, 0.25) is 5.02 Å². The van der Waals surface area contributed by atoms with E-state index in [4.69, 9.17) is 17.3 Å². The van der Waals surface area contributed by atoms with E-state index < -0.39 is 0 Å². The molecule has 21 heavy (non-hydrogen) atoms. The Morgan fingerprint density at radius 2 is 1.67 bits per heavy atom. The fourth-order valence-corrected chi connectivity index (χ4v) is 2.89. The van der Waals surface area contributed by atoms with Crippen molar-refractivity contribution in [3.05, 3.63) is 59.1 Å². The van der Waals surface area contributed by atoms with Gasteiger partial charge in [0.05, 0.1) is 10.7 Å². The van der Waals surface area contributed by atoms with E-state index in [1.807, 2.05) is 18.2 Å². The largest absolute Gasteiger partial charge is 0.398 e. The number of nitrogens with zero attached hydrogens (tertiary/aromatic N) is 2. The molecular weight excluding hydrogens is 282 g/mol. The molecule has 0 spiro atoms. The number of nitrogen functional groups attached to an aromatic ring is 1. The van der Waals surface area contributed by atoms with Gasteiger partial charge in [-0.15, -0.1) is 0 Å². The molecule has 0 unspecified atom stereocenters. The van der Waals surface area contributed by atoms with Crippen molar-refractivity contribution in [2.24, 2.45) is 0 Å². The van der Waals surface area contributed by atoms with Crippen LogP contribution in [0.1, 0.15) is 5.56 Å². The number of halogens is 1. The molecule has 1 heterocycles. The molecule has 0 bridgehead atoms. The molecule has 0 amide bonds. The smallest absolute Gasteiger partial charge is 0.0656 e. The molecular formula is C17H20ClN3. The molecule has 3 nitrogen and oxygen atoms in total. The van der Waals surface area contributed by atoms with E-state index in [0.29, 0.717) is 10.7 Å². The summed E-state index contributed by atoms with van der Waals surface area (Å²) in [6.45, 7) is 5.20. The summed E-state index contributed by atoms with van der Waals surface area (Å²) in [4.78, 5) is 4.86. The third kappa shape index (κ3) is 3.49. The fraction of sp³-hybridized carbons (Fsp3) is 0.294. The van der Waals surface area contributed by atoms with Gasteiger partial charge in [0.1, 0.15) is 0 Å². The van der Waals surface area contributed by atoms with Crippen LogP contribution < -0.4 is 10.6 Å². The van der Waals surface area contributed by atoms with Crippen LogP contribution in [0.5, 0.6) is 0 Å². The van der Waals surface area contributed by atoms with Gasteiger partial charge in [0, 0.05) is 38.4 Å². The van der Waals surface area contributed by atoms with Gasteiger partial charge < -0.3 is 10.6 Å². The van der Waals surface area contributed by atoms with E-state index in [2.05, 4.69) is 40.1 Å². The second-order valence-electron chi connectivity index (χ2n) is 5.45. The van der Waals surface area contributed by atoms with Crippen molar-refractivity contribution >= 4 is 23.0 Å². The first-order chi connectivity index (χ1) is 10.2. The maximum atomic E-state index is 6.11. The van der Waals surface area contributed by atoms with Crippen molar-refractivity contribution in [2.75, 3.05) is 36.8 Å². The van der Waals surface area contributed by atoms with Gasteiger partial charge in [-0.2, -0.15) is 0 Å². The monoisotopic (exact) mass is 301 g/mol. The van der Waals surface area contributed by atoms with Crippen molar-refractivity contribution in [3.63, 3.8) is 0 Å². The summed E-state index contributed by atoms with van der Waals surface area (Å²) in [5.74, 6) is 0. The number of anilines is 2. The number of benzene rings is 2. The molecule has 0 radical (unpaired) electrons. The molecule has 4 heteroatoms. The second-order valence-corrected chi connectivity index (χ2v) is 5.86. The lowest BCUT2D eigenvalue weighted by Crippen LogP contribution is -2.45. The molecule has 2 N–H and O–H groups in total. The number of hydrogen-bond donors (Lipinski definition) is 1. The minimum absolute atomic E-state index is 0.638. The quantitative estimate of drug-likeness (QED) is 0.883. The highest BCUT2D eigenvalue weighted by Crippen LogP contribution is 2.26. The van der Waals surface area contributed by atoms with Crippen molar-refractivity contribution in [1.29, 1.82) is 0 Å². The van der Waals surface area contributed by atoms with E-state index in [9.17, 15) is 0 Å². The van der Waals surface area contributed by atoms with Gasteiger partial charge in [-0.05, 0) is 23.8 Å². The predicted octanol–water partition coefficient (Wildman–Crippen LogP) is 3.24. The third-order valence-electron chi connectivity index (χ3n) is 3.97. The highest BCUT2D eigenvalue weighted by molar-refractivity contribution is 6.33. The fourth-order valence-electron chi connectivity index (χ4n) is 2.72. The lowest BCUT2D eigenvalue weighted by molar-refractivity contribution is 0.250. The molecule has 3 rings (SSSR count). The van der Waals surface area contributed by atoms with Crippen molar-refractivity contribution < 1.29 is 0 Å². The Bertz CT molecular complexity index is 592. The Balaban J connectivity index is 1.58. The summed E-state index contributed by atoms with van der Waals surface area (Å²) in [7, 11) is 0. The van der Waals surface area contributed by atoms with E-state index in [1.165, 1.54) is 5.56 Å². The summed E-state index contributed by atoms with van der Waals surface area (Å²) < 4.78 is 0. The van der Waals surface area contributed by atoms with Gasteiger partial charge in [0.25, 0.3) is 0 Å². The summed E-state index contributed by atoms with van der Waals surface area (Å²) >= 11 is 6.11. The van der Waals surface area contributed by atoms with Gasteiger partial charge in [-0.3, -0.25) is 4.90 Å². The van der Waals surface area contributed by atoms with E-state index in [-0.39, 0.29) is 0 Å². The Hall–Kier alpha value is -1.71. The van der Waals surface area contributed by atoms with Crippen LogP contribution in [0, 0.1) is 0 Å². The zero-order valence-electron chi connectivity index (χ0n) is 12.0.